The van der Waals surface area contributed by atoms with Gasteiger partial charge in [-0.1, -0.05) is 6.42 Å². The molecule has 23 heavy (non-hydrogen) atoms. The highest BCUT2D eigenvalue weighted by Gasteiger charge is 2.25. The van der Waals surface area contributed by atoms with Gasteiger partial charge in [0, 0.05) is 19.1 Å². The standard InChI is InChI=1S/C16H28N4O3/c1-16(2,3)23-15(22)19-11-13-7-4-5-10-20(13)12-14(21)18-9-6-8-17/h13H,4-7,9-12H2,1-3H3,(H,18,21)(H,19,22)/t13-/m1/s1. The van der Waals surface area contributed by atoms with Gasteiger partial charge in [-0.25, -0.2) is 4.79 Å². The predicted molar refractivity (Wildman–Crippen MR) is 86.7 cm³/mol. The van der Waals surface area contributed by atoms with Gasteiger partial charge in [0.2, 0.25) is 5.91 Å². The second kappa shape index (κ2) is 9.36. The van der Waals surface area contributed by atoms with E-state index in [4.69, 9.17) is 10.00 Å². The second-order valence-corrected chi connectivity index (χ2v) is 6.76. The van der Waals surface area contributed by atoms with Crippen LogP contribution in [0.5, 0.6) is 0 Å². The molecule has 0 aromatic rings. The summed E-state index contributed by atoms with van der Waals surface area (Å²) in [7, 11) is 0. The van der Waals surface area contributed by atoms with Crippen LogP contribution in [0.4, 0.5) is 4.79 Å². The number of hydrogen-bond donors (Lipinski definition) is 2. The first-order valence-corrected chi connectivity index (χ1v) is 8.16. The third kappa shape index (κ3) is 8.41. The Bertz CT molecular complexity index is 440. The monoisotopic (exact) mass is 324 g/mol. The molecule has 0 aliphatic carbocycles. The minimum Gasteiger partial charge on any atom is -0.444 e. The largest absolute Gasteiger partial charge is 0.444 e. The molecule has 2 amide bonds. The van der Waals surface area contributed by atoms with Crippen molar-refractivity contribution in [3.05, 3.63) is 0 Å². The summed E-state index contributed by atoms with van der Waals surface area (Å²) in [5.41, 5.74) is -0.517. The number of nitrogens with one attached hydrogen (secondary N) is 2. The number of nitriles is 1. The first-order valence-electron chi connectivity index (χ1n) is 8.16. The van der Waals surface area contributed by atoms with E-state index in [0.717, 1.165) is 25.8 Å². The molecule has 0 saturated carbocycles. The molecule has 0 radical (unpaired) electrons. The number of rotatable bonds is 6. The van der Waals surface area contributed by atoms with Crippen LogP contribution in [0.15, 0.2) is 0 Å². The normalized spacial score (nSPS) is 18.8. The number of carbonyl (C=O) groups excluding carboxylic acids is 2. The first kappa shape index (κ1) is 19.2. The lowest BCUT2D eigenvalue weighted by Gasteiger charge is -2.35. The molecule has 7 heteroatoms. The molecule has 1 rings (SSSR count). The fourth-order valence-electron chi connectivity index (χ4n) is 2.51. The highest BCUT2D eigenvalue weighted by atomic mass is 16.6. The third-order valence-corrected chi connectivity index (χ3v) is 3.54. The van der Waals surface area contributed by atoms with Gasteiger partial charge in [0.25, 0.3) is 0 Å². The molecular weight excluding hydrogens is 296 g/mol. The van der Waals surface area contributed by atoms with Crippen molar-refractivity contribution in [3.8, 4) is 6.07 Å². The molecule has 1 atom stereocenters. The summed E-state index contributed by atoms with van der Waals surface area (Å²) in [6.45, 7) is 7.46. The van der Waals surface area contributed by atoms with Crippen LogP contribution in [0.1, 0.15) is 46.5 Å². The Morgan fingerprint density at radius 2 is 2.04 bits per heavy atom. The van der Waals surface area contributed by atoms with E-state index in [0.29, 0.717) is 26.1 Å². The van der Waals surface area contributed by atoms with Crippen LogP contribution in [0.3, 0.4) is 0 Å². The van der Waals surface area contributed by atoms with Gasteiger partial charge in [0.1, 0.15) is 5.60 Å². The molecule has 0 spiro atoms. The number of ether oxygens (including phenoxy) is 1. The zero-order valence-corrected chi connectivity index (χ0v) is 14.4. The lowest BCUT2D eigenvalue weighted by molar-refractivity contribution is -0.123. The Balaban J connectivity index is 2.40. The topological polar surface area (TPSA) is 94.5 Å². The zero-order chi connectivity index (χ0) is 17.3. The van der Waals surface area contributed by atoms with Crippen molar-refractivity contribution in [2.24, 2.45) is 0 Å². The summed E-state index contributed by atoms with van der Waals surface area (Å²) in [4.78, 5) is 25.7. The maximum atomic E-state index is 11.9. The van der Waals surface area contributed by atoms with Gasteiger partial charge in [-0.05, 0) is 40.2 Å². The predicted octanol–water partition coefficient (Wildman–Crippen LogP) is 1.40. The van der Waals surface area contributed by atoms with Crippen LogP contribution in [-0.4, -0.2) is 54.7 Å². The van der Waals surface area contributed by atoms with Crippen molar-refractivity contribution in [3.63, 3.8) is 0 Å². The van der Waals surface area contributed by atoms with E-state index in [1.165, 1.54) is 0 Å². The molecule has 1 aliphatic rings. The van der Waals surface area contributed by atoms with E-state index >= 15 is 0 Å². The van der Waals surface area contributed by atoms with Crippen LogP contribution < -0.4 is 10.6 Å². The molecule has 0 aromatic carbocycles. The van der Waals surface area contributed by atoms with Crippen LogP contribution in [0.25, 0.3) is 0 Å². The van der Waals surface area contributed by atoms with Gasteiger partial charge in [0.05, 0.1) is 19.0 Å². The van der Waals surface area contributed by atoms with Crippen molar-refractivity contribution in [2.75, 3.05) is 26.2 Å². The summed E-state index contributed by atoms with van der Waals surface area (Å²) in [5, 5.41) is 14.0. The summed E-state index contributed by atoms with van der Waals surface area (Å²) in [6, 6.07) is 2.13. The fraction of sp³-hybridized carbons (Fsp3) is 0.812. The highest BCUT2D eigenvalue weighted by molar-refractivity contribution is 5.78. The van der Waals surface area contributed by atoms with E-state index < -0.39 is 11.7 Å². The molecule has 2 N–H and O–H groups in total. The average Bonchev–Trinajstić information content (AvgIpc) is 2.45. The molecule has 0 aromatic heterocycles. The number of amides is 2. The lowest BCUT2D eigenvalue weighted by Crippen LogP contribution is -2.50. The van der Waals surface area contributed by atoms with E-state index in [1.807, 2.05) is 26.8 Å². The molecule has 0 bridgehead atoms. The molecule has 7 nitrogen and oxygen atoms in total. The Labute approximate surface area is 138 Å². The van der Waals surface area contributed by atoms with Crippen molar-refractivity contribution in [1.29, 1.82) is 5.26 Å². The first-order chi connectivity index (χ1) is 10.8. The average molecular weight is 324 g/mol. The smallest absolute Gasteiger partial charge is 0.407 e. The molecule has 0 unspecified atom stereocenters. The third-order valence-electron chi connectivity index (χ3n) is 3.54. The Morgan fingerprint density at radius 1 is 1.30 bits per heavy atom. The number of likely N-dealkylation sites (tertiary alicyclic amines) is 1. The summed E-state index contributed by atoms with van der Waals surface area (Å²) in [6.07, 6.45) is 2.97. The number of piperidine rings is 1. The van der Waals surface area contributed by atoms with Crippen LogP contribution >= 0.6 is 0 Å². The van der Waals surface area contributed by atoms with Crippen LogP contribution in [0, 0.1) is 11.3 Å². The van der Waals surface area contributed by atoms with Gasteiger partial charge in [-0.3, -0.25) is 9.69 Å². The SMILES string of the molecule is CC(C)(C)OC(=O)NC[C@H]1CCCCN1CC(=O)NCCC#N. The van der Waals surface area contributed by atoms with Gasteiger partial charge in [-0.2, -0.15) is 5.26 Å². The van der Waals surface area contributed by atoms with Gasteiger partial charge < -0.3 is 15.4 Å². The maximum absolute atomic E-state index is 11.9. The Hall–Kier alpha value is -1.81. The lowest BCUT2D eigenvalue weighted by atomic mass is 10.0. The fourth-order valence-corrected chi connectivity index (χ4v) is 2.51. The van der Waals surface area contributed by atoms with Crippen LogP contribution in [0.2, 0.25) is 0 Å². The molecule has 1 aliphatic heterocycles. The minimum atomic E-state index is -0.517. The van der Waals surface area contributed by atoms with Crippen molar-refractivity contribution in [1.82, 2.24) is 15.5 Å². The summed E-state index contributed by atoms with van der Waals surface area (Å²) in [5.74, 6) is -0.0792. The quantitative estimate of drug-likeness (QED) is 0.720. The minimum absolute atomic E-state index is 0.0792. The summed E-state index contributed by atoms with van der Waals surface area (Å²) >= 11 is 0. The van der Waals surface area contributed by atoms with E-state index in [2.05, 4.69) is 15.5 Å². The van der Waals surface area contributed by atoms with E-state index in [-0.39, 0.29) is 11.9 Å². The molecule has 1 fully saturated rings. The highest BCUT2D eigenvalue weighted by Crippen LogP contribution is 2.16. The summed E-state index contributed by atoms with van der Waals surface area (Å²) < 4.78 is 5.23. The molecule has 130 valence electrons. The van der Waals surface area contributed by atoms with E-state index in [1.54, 1.807) is 0 Å². The van der Waals surface area contributed by atoms with Gasteiger partial charge in [-0.15, -0.1) is 0 Å². The van der Waals surface area contributed by atoms with E-state index in [9.17, 15) is 9.59 Å². The van der Waals surface area contributed by atoms with Crippen molar-refractivity contribution >= 4 is 12.0 Å². The van der Waals surface area contributed by atoms with Crippen molar-refractivity contribution in [2.45, 2.75) is 58.1 Å². The maximum Gasteiger partial charge on any atom is 0.407 e. The molecule has 1 heterocycles. The van der Waals surface area contributed by atoms with Gasteiger partial charge >= 0.3 is 6.09 Å². The number of alkyl carbamates (subject to hydrolysis) is 1. The number of hydrogen-bond acceptors (Lipinski definition) is 5. The number of carbonyl (C=O) groups is 2. The molecule has 1 saturated heterocycles. The van der Waals surface area contributed by atoms with Crippen molar-refractivity contribution < 1.29 is 14.3 Å². The second-order valence-electron chi connectivity index (χ2n) is 6.76. The van der Waals surface area contributed by atoms with Gasteiger partial charge in [0.15, 0.2) is 0 Å². The Kier molecular flexibility index (Phi) is 7.83. The Morgan fingerprint density at radius 3 is 2.70 bits per heavy atom. The zero-order valence-electron chi connectivity index (χ0n) is 14.4. The number of nitrogens with zero attached hydrogens (tertiary/aromatic N) is 2. The molecular formula is C16H28N4O3. The van der Waals surface area contributed by atoms with Crippen LogP contribution in [-0.2, 0) is 9.53 Å².